The average Bonchev–Trinajstić information content (AvgIpc) is 0.741. The molecule has 0 bridgehead atoms. The number of hydrogen-bond donors (Lipinski definition) is 2. The van der Waals surface area contributed by atoms with E-state index in [-0.39, 0.29) is 178 Å². The van der Waals surface area contributed by atoms with Gasteiger partial charge in [0.15, 0.2) is 0 Å². The molecule has 8 aliphatic rings. The first-order chi connectivity index (χ1) is 66.3. The Kier molecular flexibility index (Phi) is 28.9. The number of piperazine rings is 4. The van der Waals surface area contributed by atoms with Crippen LogP contribution < -0.4 is 4.74 Å². The molecule has 12 aromatic rings. The number of aliphatic hydroxyl groups excluding tert-OH is 2. The molecule has 25 heteroatoms. The van der Waals surface area contributed by atoms with Crippen LogP contribution in [0.25, 0.3) is 33.4 Å². The van der Waals surface area contributed by atoms with Gasteiger partial charge in [-0.3, -0.25) is 58.3 Å². The topological polar surface area (TPSA) is 282 Å². The van der Waals surface area contributed by atoms with Crippen LogP contribution in [0.3, 0.4) is 0 Å². The number of aliphatic hydroxyl groups is 2. The Bertz CT molecular complexity index is 6170. The number of carbonyl (C=O) groups is 8. The zero-order valence-corrected chi connectivity index (χ0v) is 77.0. The number of benzene rings is 8. The Balaban J connectivity index is 0.000000126. The lowest BCUT2D eigenvalue weighted by atomic mass is 9.73. The van der Waals surface area contributed by atoms with E-state index < -0.39 is 0 Å². The fourth-order valence-electron chi connectivity index (χ4n) is 21.0. The average molecular weight is 1820 g/mol. The summed E-state index contributed by atoms with van der Waals surface area (Å²) in [4.78, 5) is 134. The number of carbonyl (C=O) groups excluding carboxylic acids is 8. The highest BCUT2D eigenvalue weighted by atomic mass is 16.5. The maximum Gasteiger partial charge on any atom is 0.255 e. The summed E-state index contributed by atoms with van der Waals surface area (Å²) in [5.41, 5.74) is 19.7. The third-order valence-corrected chi connectivity index (χ3v) is 27.7. The quantitative estimate of drug-likeness (QED) is 0.0632. The predicted octanol–water partition coefficient (Wildman–Crippen LogP) is 12.0. The number of nitrogens with zero attached hydrogens (tertiary/aromatic N) is 12. The summed E-state index contributed by atoms with van der Waals surface area (Å²) >= 11 is 0. The number of amides is 8. The summed E-state index contributed by atoms with van der Waals surface area (Å²) in [5, 5.41) is 20.1. The van der Waals surface area contributed by atoms with E-state index in [1.165, 1.54) is 44.5 Å². The zero-order valence-electron chi connectivity index (χ0n) is 77.0. The molecule has 4 aromatic heterocycles. The van der Waals surface area contributed by atoms with Crippen LogP contribution in [0.4, 0.5) is 0 Å². The lowest BCUT2D eigenvalue weighted by molar-refractivity contribution is -0.167. The van der Waals surface area contributed by atoms with E-state index in [0.29, 0.717) is 56.3 Å². The van der Waals surface area contributed by atoms with Crippen molar-refractivity contribution in [1.82, 2.24) is 59.1 Å². The molecule has 136 heavy (non-hydrogen) atoms. The number of methoxy groups -OCH3 is 3. The third kappa shape index (κ3) is 20.0. The van der Waals surface area contributed by atoms with Crippen molar-refractivity contribution in [3.8, 4) is 51.0 Å². The summed E-state index contributed by atoms with van der Waals surface area (Å²) < 4.78 is 16.2. The molecule has 692 valence electrons. The zero-order chi connectivity index (χ0) is 94.6. The summed E-state index contributed by atoms with van der Waals surface area (Å²) in [7, 11) is 4.96. The molecule has 8 aliphatic heterocycles. The number of aryl methyl sites for hydroxylation is 3. The van der Waals surface area contributed by atoms with Gasteiger partial charge in [0.1, 0.15) is 12.3 Å². The van der Waals surface area contributed by atoms with Crippen LogP contribution in [-0.4, -0.2) is 265 Å². The first-order valence-corrected chi connectivity index (χ1v) is 46.2. The van der Waals surface area contributed by atoms with Crippen molar-refractivity contribution >= 4 is 47.3 Å². The normalized spacial score (nSPS) is 21.6. The van der Waals surface area contributed by atoms with Crippen LogP contribution in [0.15, 0.2) is 292 Å². The summed E-state index contributed by atoms with van der Waals surface area (Å²) in [5.74, 6) is 6.68. The molecule has 12 atom stereocenters. The highest BCUT2D eigenvalue weighted by Gasteiger charge is 2.59. The van der Waals surface area contributed by atoms with Crippen molar-refractivity contribution in [2.45, 2.75) is 112 Å². The third-order valence-electron chi connectivity index (χ3n) is 27.7. The van der Waals surface area contributed by atoms with Gasteiger partial charge in [-0.15, -0.1) is 0 Å². The maximum absolute atomic E-state index is 13.0. The van der Waals surface area contributed by atoms with E-state index in [4.69, 9.17) is 14.2 Å². The summed E-state index contributed by atoms with van der Waals surface area (Å²) in [6.07, 6.45) is 10.5. The van der Waals surface area contributed by atoms with Gasteiger partial charge in [-0.1, -0.05) is 194 Å². The van der Waals surface area contributed by atoms with Gasteiger partial charge in [-0.05, 0) is 171 Å². The van der Waals surface area contributed by atoms with Gasteiger partial charge in [0.2, 0.25) is 41.4 Å². The molecule has 2 N–H and O–H groups in total. The van der Waals surface area contributed by atoms with Crippen LogP contribution in [0.5, 0.6) is 5.75 Å². The van der Waals surface area contributed by atoms with E-state index in [0.717, 1.165) is 50.3 Å². The van der Waals surface area contributed by atoms with Gasteiger partial charge in [0.05, 0.1) is 126 Å². The predicted molar refractivity (Wildman–Crippen MR) is 516 cm³/mol. The van der Waals surface area contributed by atoms with E-state index in [1.807, 2.05) is 125 Å². The number of pyridine rings is 4. The number of ether oxygens (including phenoxy) is 3. The van der Waals surface area contributed by atoms with Crippen molar-refractivity contribution in [2.24, 2.45) is 0 Å². The first kappa shape index (κ1) is 93.1. The molecule has 8 amide bonds. The molecule has 0 aliphatic carbocycles. The van der Waals surface area contributed by atoms with Crippen LogP contribution in [-0.2, 0) is 62.3 Å². The van der Waals surface area contributed by atoms with E-state index in [2.05, 4.69) is 180 Å². The molecule has 25 nitrogen and oxygen atoms in total. The molecule has 12 heterocycles. The fraction of sp³-hybridized carbons (Fsp3) is 0.297. The minimum atomic E-state index is -0.250. The monoisotopic (exact) mass is 1820 g/mol. The molecule has 20 rings (SSSR count). The smallest absolute Gasteiger partial charge is 0.255 e. The lowest BCUT2D eigenvalue weighted by Gasteiger charge is -2.59. The Morgan fingerprint density at radius 1 is 0.368 bits per heavy atom. The number of aromatic nitrogens is 4. The fourth-order valence-corrected chi connectivity index (χ4v) is 21.0. The molecule has 8 fully saturated rings. The van der Waals surface area contributed by atoms with Gasteiger partial charge in [0.25, 0.3) is 5.91 Å². The second kappa shape index (κ2) is 42.3. The van der Waals surface area contributed by atoms with Gasteiger partial charge in [-0.25, -0.2) is 0 Å². The molecule has 0 saturated carbocycles. The van der Waals surface area contributed by atoms with E-state index in [1.54, 1.807) is 100 Å². The molecule has 0 radical (unpaired) electrons. The molecule has 0 unspecified atom stereocenters. The van der Waals surface area contributed by atoms with Gasteiger partial charge < -0.3 is 63.6 Å². The maximum atomic E-state index is 13.0. The van der Waals surface area contributed by atoms with Crippen molar-refractivity contribution in [1.29, 1.82) is 0 Å². The second-order valence-corrected chi connectivity index (χ2v) is 35.8. The highest BCUT2D eigenvalue weighted by Crippen LogP contribution is 2.49. The first-order valence-electron chi connectivity index (χ1n) is 46.2. The van der Waals surface area contributed by atoms with Gasteiger partial charge in [0, 0.05) is 124 Å². The second-order valence-electron chi connectivity index (χ2n) is 35.8. The SMILES string of the molecule is COC[C@@H]1[C@H](c2ccc(-c3ccccc3C)cc2)[C@H]2CN(C(=O)c3cccnc3)CC(=O)N12.COC[C@H]1[C@@H](c2ccc(C#Cc3cccc(OC)c3)cc2)[C@@H]2CN(C(=O)Cc3cccnc3)CC(=O)N12.Cc1ccccc1-c1ccc([C@@H]2[C@H]3CN(C(=O)Cc4ccccn4)CC(=O)N3[C@H]2CO)cc1.Cc1ccccc1-c1ccc([C@H]2[C@@H](CO)N3C(=O)CN(C(=O)Cc4ccccn4)C[C@@H]23)cc1. The largest absolute Gasteiger partial charge is 0.497 e. The minimum Gasteiger partial charge on any atom is -0.497 e. The standard InChI is InChI=1S/C30H29N3O4.3C27H27N3O3/c1-36-20-27-30(24-12-10-21(11-13-24)8-9-22-5-3-7-25(15-22)37-2)26-18-32(19-29(35)33(26)27)28(34)16-23-6-4-14-31-17-23;1-18-6-3-4-8-22(18)19-9-11-20(12-10-19)26-23-15-29(27(32)21-7-5-13-28-14-21)16-25(31)30(23)24(26)17-33-2;2*1-18-6-2-3-8-22(18)19-9-11-20(12-10-19)27-23-15-29(16-26(33)30(23)24(27)17-31)25(32)14-21-7-4-5-13-28-21/h3-7,10-15,17,26-27,30H,16,18-20H2,1-2H3;3-14,23-24,26H,15-17H2,1-2H3;2*2-13,23-24,27,31H,14-17H2,1H3/t26-,27-,30-;23-,24-,26-;23-,24+,27+;23-,24+,27-/m0101/s1. The molecule has 0 spiro atoms. The molecular formula is C111H110N12O13. The van der Waals surface area contributed by atoms with Gasteiger partial charge >= 0.3 is 0 Å². The Labute approximate surface area is 792 Å². The lowest BCUT2D eigenvalue weighted by Crippen LogP contribution is -2.73. The number of hydrogen-bond acceptors (Lipinski definition) is 17. The van der Waals surface area contributed by atoms with Crippen LogP contribution >= 0.6 is 0 Å². The Morgan fingerprint density at radius 3 is 1.11 bits per heavy atom. The minimum absolute atomic E-state index is 0.00433. The molecule has 8 aromatic carbocycles. The highest BCUT2D eigenvalue weighted by molar-refractivity contribution is 5.98. The van der Waals surface area contributed by atoms with Crippen LogP contribution in [0, 0.1) is 32.6 Å². The van der Waals surface area contributed by atoms with Crippen molar-refractivity contribution in [3.63, 3.8) is 0 Å². The van der Waals surface area contributed by atoms with E-state index in [9.17, 15) is 48.6 Å². The molecular weight excluding hydrogens is 1710 g/mol. The van der Waals surface area contributed by atoms with Crippen molar-refractivity contribution in [3.05, 3.63) is 365 Å². The van der Waals surface area contributed by atoms with Crippen molar-refractivity contribution < 1.29 is 62.8 Å². The molecule has 8 saturated heterocycles. The Morgan fingerprint density at radius 2 is 0.735 bits per heavy atom. The van der Waals surface area contributed by atoms with Crippen LogP contribution in [0.1, 0.15) is 101 Å². The number of rotatable bonds is 21. The van der Waals surface area contributed by atoms with Crippen LogP contribution in [0.2, 0.25) is 0 Å². The van der Waals surface area contributed by atoms with Crippen molar-refractivity contribution in [2.75, 3.05) is 100 Å². The van der Waals surface area contributed by atoms with Gasteiger partial charge in [-0.2, -0.15) is 0 Å². The Hall–Kier alpha value is -14.7. The van der Waals surface area contributed by atoms with E-state index >= 15 is 0 Å². The summed E-state index contributed by atoms with van der Waals surface area (Å²) in [6.45, 7) is 9.30. The number of fused-ring (bicyclic) bond motifs is 4. The summed E-state index contributed by atoms with van der Waals surface area (Å²) in [6, 6.07) is 83.2.